The molecule has 1 atom stereocenters. The molecule has 34 heavy (non-hydrogen) atoms. The van der Waals surface area contributed by atoms with Gasteiger partial charge in [0.05, 0.1) is 27.4 Å². The van der Waals surface area contributed by atoms with Gasteiger partial charge >= 0.3 is 0 Å². The van der Waals surface area contributed by atoms with E-state index in [0.29, 0.717) is 34.7 Å². The number of para-hydroxylation sites is 2. The summed E-state index contributed by atoms with van der Waals surface area (Å²) in [6.07, 6.45) is 0.821. The fourth-order valence-corrected chi connectivity index (χ4v) is 4.85. The van der Waals surface area contributed by atoms with Crippen molar-refractivity contribution < 1.29 is 18.9 Å². The van der Waals surface area contributed by atoms with Gasteiger partial charge in [-0.05, 0) is 72.2 Å². The number of benzene rings is 3. The van der Waals surface area contributed by atoms with Crippen LogP contribution >= 0.6 is 28.1 Å². The molecular formula is C26H27BrN2O4S. The highest BCUT2D eigenvalue weighted by atomic mass is 79.9. The molecular weight excluding hydrogens is 516 g/mol. The second-order valence-corrected chi connectivity index (χ2v) is 9.07. The number of ether oxygens (including phenoxy) is 4. The van der Waals surface area contributed by atoms with Gasteiger partial charge in [0.25, 0.3) is 0 Å². The number of nitrogens with one attached hydrogen (secondary N) is 1. The average Bonchev–Trinajstić information content (AvgIpc) is 2.86. The molecule has 178 valence electrons. The van der Waals surface area contributed by atoms with Gasteiger partial charge in [0, 0.05) is 16.7 Å². The van der Waals surface area contributed by atoms with Gasteiger partial charge in [-0.2, -0.15) is 0 Å². The second kappa shape index (κ2) is 11.0. The van der Waals surface area contributed by atoms with E-state index in [4.69, 9.17) is 31.2 Å². The van der Waals surface area contributed by atoms with E-state index in [9.17, 15) is 0 Å². The Labute approximate surface area is 213 Å². The Morgan fingerprint density at radius 1 is 0.941 bits per heavy atom. The molecule has 1 heterocycles. The zero-order valence-electron chi connectivity index (χ0n) is 19.3. The maximum atomic E-state index is 6.27. The van der Waals surface area contributed by atoms with E-state index in [2.05, 4.69) is 26.1 Å². The molecule has 3 aromatic carbocycles. The van der Waals surface area contributed by atoms with Crippen LogP contribution in [0.4, 0.5) is 5.69 Å². The maximum absolute atomic E-state index is 6.27. The molecule has 0 bridgehead atoms. The number of anilines is 1. The summed E-state index contributed by atoms with van der Waals surface area (Å²) in [6, 6.07) is 19.5. The van der Waals surface area contributed by atoms with Crippen LogP contribution in [-0.2, 0) is 6.42 Å². The Hall–Kier alpha value is -2.97. The average molecular weight is 543 g/mol. The van der Waals surface area contributed by atoms with Crippen LogP contribution in [0.1, 0.15) is 17.2 Å². The van der Waals surface area contributed by atoms with Gasteiger partial charge in [0.1, 0.15) is 6.61 Å². The number of hydrogen-bond donors (Lipinski definition) is 1. The van der Waals surface area contributed by atoms with Crippen LogP contribution in [0.15, 0.2) is 65.1 Å². The summed E-state index contributed by atoms with van der Waals surface area (Å²) < 4.78 is 23.9. The highest BCUT2D eigenvalue weighted by Crippen LogP contribution is 2.39. The minimum atomic E-state index is -0.138. The Kier molecular flexibility index (Phi) is 7.80. The van der Waals surface area contributed by atoms with Crippen LogP contribution in [0.25, 0.3) is 0 Å². The number of thiocarbonyl (C=S) groups is 1. The summed E-state index contributed by atoms with van der Waals surface area (Å²) in [5.74, 6) is 2.76. The molecule has 1 aliphatic heterocycles. The number of fused-ring (bicyclic) bond motifs is 1. The second-order valence-electron chi connectivity index (χ2n) is 7.77. The molecule has 0 saturated heterocycles. The first kappa shape index (κ1) is 24.2. The molecule has 1 aliphatic rings. The minimum absolute atomic E-state index is 0.138. The van der Waals surface area contributed by atoms with E-state index in [0.717, 1.165) is 28.7 Å². The molecule has 4 rings (SSSR count). The van der Waals surface area contributed by atoms with Crippen LogP contribution in [0.3, 0.4) is 0 Å². The summed E-state index contributed by atoms with van der Waals surface area (Å²) in [6.45, 7) is 1.12. The number of methoxy groups -OCH3 is 3. The van der Waals surface area contributed by atoms with E-state index < -0.39 is 0 Å². The Bertz CT molecular complexity index is 1170. The van der Waals surface area contributed by atoms with Crippen LogP contribution < -0.4 is 24.3 Å². The lowest BCUT2D eigenvalue weighted by Crippen LogP contribution is -2.44. The van der Waals surface area contributed by atoms with Crippen LogP contribution in [0.5, 0.6) is 23.0 Å². The smallest absolute Gasteiger partial charge is 0.174 e. The van der Waals surface area contributed by atoms with E-state index in [1.807, 2.05) is 60.7 Å². The third-order valence-electron chi connectivity index (χ3n) is 5.81. The largest absolute Gasteiger partial charge is 0.493 e. The molecule has 3 aromatic rings. The number of nitrogens with zero attached hydrogens (tertiary/aromatic N) is 1. The summed E-state index contributed by atoms with van der Waals surface area (Å²) in [5.41, 5.74) is 3.20. The first-order valence-electron chi connectivity index (χ1n) is 10.9. The molecule has 0 saturated carbocycles. The molecule has 0 spiro atoms. The van der Waals surface area contributed by atoms with Crippen molar-refractivity contribution in [3.63, 3.8) is 0 Å². The standard InChI is InChI=1S/C26H27BrN2O4S/c1-30-22-9-4-5-10-23(22)33-16-21-20-15-25(32-3)24(31-2)13-17(20)11-12-29(21)26(34)28-19-8-6-7-18(27)14-19/h4-10,13-15,21H,11-12,16H2,1-3H3,(H,28,34). The highest BCUT2D eigenvalue weighted by Gasteiger charge is 2.31. The van der Waals surface area contributed by atoms with Gasteiger partial charge in [-0.15, -0.1) is 0 Å². The van der Waals surface area contributed by atoms with Gasteiger partial charge in [-0.25, -0.2) is 0 Å². The van der Waals surface area contributed by atoms with Crippen molar-refractivity contribution in [2.24, 2.45) is 0 Å². The van der Waals surface area contributed by atoms with Crippen molar-refractivity contribution in [2.75, 3.05) is 39.8 Å². The Morgan fingerprint density at radius 2 is 1.65 bits per heavy atom. The molecule has 0 aromatic heterocycles. The predicted octanol–water partition coefficient (Wildman–Crippen LogP) is 5.85. The van der Waals surface area contributed by atoms with Gasteiger partial charge in [0.15, 0.2) is 28.1 Å². The number of halogens is 1. The molecule has 1 N–H and O–H groups in total. The summed E-state index contributed by atoms with van der Waals surface area (Å²) in [7, 11) is 4.93. The highest BCUT2D eigenvalue weighted by molar-refractivity contribution is 9.10. The Morgan fingerprint density at radius 3 is 2.35 bits per heavy atom. The third kappa shape index (κ3) is 5.23. The first-order chi connectivity index (χ1) is 16.5. The lowest BCUT2D eigenvalue weighted by molar-refractivity contribution is 0.185. The van der Waals surface area contributed by atoms with Crippen molar-refractivity contribution in [3.8, 4) is 23.0 Å². The molecule has 0 fully saturated rings. The summed E-state index contributed by atoms with van der Waals surface area (Å²) in [4.78, 5) is 2.17. The van der Waals surface area contributed by atoms with Crippen molar-refractivity contribution in [3.05, 3.63) is 76.3 Å². The normalized spacial score (nSPS) is 14.7. The predicted molar refractivity (Wildman–Crippen MR) is 142 cm³/mol. The zero-order chi connectivity index (χ0) is 24.1. The monoisotopic (exact) mass is 542 g/mol. The maximum Gasteiger partial charge on any atom is 0.174 e. The van der Waals surface area contributed by atoms with Gasteiger partial charge in [-0.1, -0.05) is 34.1 Å². The molecule has 8 heteroatoms. The summed E-state index contributed by atoms with van der Waals surface area (Å²) >= 11 is 9.38. The fourth-order valence-electron chi connectivity index (χ4n) is 4.12. The zero-order valence-corrected chi connectivity index (χ0v) is 21.7. The van der Waals surface area contributed by atoms with E-state index in [-0.39, 0.29) is 6.04 Å². The van der Waals surface area contributed by atoms with E-state index in [1.54, 1.807) is 21.3 Å². The summed E-state index contributed by atoms with van der Waals surface area (Å²) in [5, 5.41) is 4.01. The topological polar surface area (TPSA) is 52.2 Å². The van der Waals surface area contributed by atoms with Crippen LogP contribution in [0, 0.1) is 0 Å². The van der Waals surface area contributed by atoms with Gasteiger partial charge in [-0.3, -0.25) is 0 Å². The molecule has 0 amide bonds. The van der Waals surface area contributed by atoms with Crippen LogP contribution in [0.2, 0.25) is 0 Å². The van der Waals surface area contributed by atoms with Gasteiger partial charge in [0.2, 0.25) is 0 Å². The fraction of sp³-hybridized carbons (Fsp3) is 0.269. The molecule has 1 unspecified atom stereocenters. The van der Waals surface area contributed by atoms with Crippen molar-refractivity contribution in [1.29, 1.82) is 0 Å². The lowest BCUT2D eigenvalue weighted by atomic mass is 9.92. The van der Waals surface area contributed by atoms with Crippen molar-refractivity contribution in [1.82, 2.24) is 4.90 Å². The van der Waals surface area contributed by atoms with E-state index >= 15 is 0 Å². The van der Waals surface area contributed by atoms with Crippen LogP contribution in [-0.4, -0.2) is 44.5 Å². The van der Waals surface area contributed by atoms with E-state index in [1.165, 1.54) is 5.56 Å². The molecule has 0 radical (unpaired) electrons. The minimum Gasteiger partial charge on any atom is -0.493 e. The van der Waals surface area contributed by atoms with Crippen molar-refractivity contribution >= 4 is 38.9 Å². The molecule has 6 nitrogen and oxygen atoms in total. The Balaban J connectivity index is 1.66. The number of rotatable bonds is 7. The van der Waals surface area contributed by atoms with Gasteiger partial charge < -0.3 is 29.2 Å². The number of hydrogen-bond acceptors (Lipinski definition) is 5. The lowest BCUT2D eigenvalue weighted by Gasteiger charge is -2.39. The SMILES string of the molecule is COc1cc2c(cc1OC)C(COc1ccccc1OC)N(C(=S)Nc1cccc(Br)c1)CC2. The first-order valence-corrected chi connectivity index (χ1v) is 12.1. The molecule has 0 aliphatic carbocycles. The van der Waals surface area contributed by atoms with Crippen molar-refractivity contribution in [2.45, 2.75) is 12.5 Å². The quantitative estimate of drug-likeness (QED) is 0.375. The third-order valence-corrected chi connectivity index (χ3v) is 6.64.